The molecule has 4 nitrogen and oxygen atoms in total. The maximum absolute atomic E-state index is 11.6. The zero-order valence-corrected chi connectivity index (χ0v) is 11.2. The van der Waals surface area contributed by atoms with Gasteiger partial charge in [-0.2, -0.15) is 0 Å². The fraction of sp³-hybridized carbons (Fsp3) is 0.533. The first-order chi connectivity index (χ1) is 9.02. The summed E-state index contributed by atoms with van der Waals surface area (Å²) in [7, 11) is 0. The summed E-state index contributed by atoms with van der Waals surface area (Å²) >= 11 is 0. The molecule has 1 aliphatic heterocycles. The Morgan fingerprint density at radius 3 is 2.79 bits per heavy atom. The van der Waals surface area contributed by atoms with Crippen molar-refractivity contribution in [3.63, 3.8) is 0 Å². The molecule has 0 spiro atoms. The highest BCUT2D eigenvalue weighted by atomic mass is 17.1. The van der Waals surface area contributed by atoms with E-state index in [-0.39, 0.29) is 24.1 Å². The highest BCUT2D eigenvalue weighted by Crippen LogP contribution is 2.35. The first kappa shape index (κ1) is 14.0. The number of hydrogen-bond donors (Lipinski definition) is 1. The summed E-state index contributed by atoms with van der Waals surface area (Å²) in [5.41, 5.74) is 2.50. The summed E-state index contributed by atoms with van der Waals surface area (Å²) in [5.74, 6) is -0.310. The summed E-state index contributed by atoms with van der Waals surface area (Å²) in [6.45, 7) is 9.78. The van der Waals surface area contributed by atoms with E-state index in [9.17, 15) is 4.79 Å². The molecule has 0 amide bonds. The number of carbonyl (C=O) groups is 1. The molecule has 0 aromatic rings. The van der Waals surface area contributed by atoms with E-state index < -0.39 is 0 Å². The van der Waals surface area contributed by atoms with Crippen LogP contribution in [0.4, 0.5) is 0 Å². The van der Waals surface area contributed by atoms with Gasteiger partial charge in [-0.05, 0) is 44.3 Å². The molecule has 1 N–H and O–H groups in total. The van der Waals surface area contributed by atoms with Crippen LogP contribution < -0.4 is 0 Å². The average Bonchev–Trinajstić information content (AvgIpc) is 2.63. The van der Waals surface area contributed by atoms with Crippen molar-refractivity contribution in [3.05, 3.63) is 36.0 Å². The Kier molecular flexibility index (Phi) is 4.22. The van der Waals surface area contributed by atoms with Crippen molar-refractivity contribution in [2.75, 3.05) is 0 Å². The molecular weight excluding hydrogens is 244 g/mol. The molecule has 4 heteroatoms. The van der Waals surface area contributed by atoms with Gasteiger partial charge in [0.2, 0.25) is 0 Å². The van der Waals surface area contributed by atoms with E-state index >= 15 is 0 Å². The number of fused-ring (bicyclic) bond motifs is 1. The summed E-state index contributed by atoms with van der Waals surface area (Å²) in [6.07, 6.45) is 4.32. The van der Waals surface area contributed by atoms with Gasteiger partial charge in [0.1, 0.15) is 12.2 Å². The van der Waals surface area contributed by atoms with Crippen LogP contribution in [-0.2, 0) is 14.4 Å². The van der Waals surface area contributed by atoms with Gasteiger partial charge in [0, 0.05) is 11.5 Å². The molecule has 0 aromatic heterocycles. The molecule has 1 fully saturated rings. The van der Waals surface area contributed by atoms with E-state index in [1.807, 2.05) is 13.0 Å². The van der Waals surface area contributed by atoms with Crippen molar-refractivity contribution in [1.82, 2.24) is 0 Å². The maximum atomic E-state index is 11.6. The standard InChI is InChI=1S/C15H20O4/c1-9-4-7-13(19-17)10(2)5-6-12-11(3)15(16)18-14(12)8-9/h8,12-14,17H,2-7H2,1H3/t12-,13+,14+/m0/s1. The minimum absolute atomic E-state index is 0.00311. The monoisotopic (exact) mass is 264 g/mol. The highest BCUT2D eigenvalue weighted by molar-refractivity contribution is 5.91. The lowest BCUT2D eigenvalue weighted by molar-refractivity contribution is -0.270. The van der Waals surface area contributed by atoms with E-state index in [1.165, 1.54) is 0 Å². The zero-order chi connectivity index (χ0) is 14.0. The summed E-state index contributed by atoms with van der Waals surface area (Å²) in [5, 5.41) is 8.93. The average molecular weight is 264 g/mol. The van der Waals surface area contributed by atoms with Gasteiger partial charge in [0.05, 0.1) is 0 Å². The van der Waals surface area contributed by atoms with Crippen LogP contribution >= 0.6 is 0 Å². The van der Waals surface area contributed by atoms with Crippen molar-refractivity contribution >= 4 is 5.97 Å². The van der Waals surface area contributed by atoms with Gasteiger partial charge in [-0.1, -0.05) is 18.7 Å². The minimum atomic E-state index is -0.341. The lowest BCUT2D eigenvalue weighted by Gasteiger charge is -2.22. The molecule has 0 radical (unpaired) electrons. The van der Waals surface area contributed by atoms with E-state index in [4.69, 9.17) is 9.99 Å². The topological polar surface area (TPSA) is 55.8 Å². The second kappa shape index (κ2) is 5.72. The molecule has 104 valence electrons. The number of rotatable bonds is 1. The van der Waals surface area contributed by atoms with Gasteiger partial charge in [0.25, 0.3) is 0 Å². The predicted molar refractivity (Wildman–Crippen MR) is 71.4 cm³/mol. The molecule has 3 atom stereocenters. The van der Waals surface area contributed by atoms with E-state index in [0.29, 0.717) is 18.4 Å². The highest BCUT2D eigenvalue weighted by Gasteiger charge is 2.37. The Balaban J connectivity index is 2.22. The van der Waals surface area contributed by atoms with Crippen LogP contribution in [-0.4, -0.2) is 23.4 Å². The van der Waals surface area contributed by atoms with E-state index in [2.05, 4.69) is 18.0 Å². The summed E-state index contributed by atoms with van der Waals surface area (Å²) in [4.78, 5) is 16.1. The molecule has 0 aromatic carbocycles. The van der Waals surface area contributed by atoms with Gasteiger partial charge in [0.15, 0.2) is 0 Å². The number of ether oxygens (including phenoxy) is 1. The smallest absolute Gasteiger partial charge is 0.334 e. The van der Waals surface area contributed by atoms with E-state index in [0.717, 1.165) is 24.0 Å². The fourth-order valence-corrected chi connectivity index (χ4v) is 2.68. The normalized spacial score (nSPS) is 32.6. The first-order valence-electron chi connectivity index (χ1n) is 6.58. The molecule has 1 aliphatic carbocycles. The fourth-order valence-electron chi connectivity index (χ4n) is 2.68. The zero-order valence-electron chi connectivity index (χ0n) is 11.2. The quantitative estimate of drug-likeness (QED) is 0.260. The molecule has 1 saturated heterocycles. The predicted octanol–water partition coefficient (Wildman–Crippen LogP) is 3.02. The third kappa shape index (κ3) is 2.96. The van der Waals surface area contributed by atoms with Crippen LogP contribution in [0.15, 0.2) is 36.0 Å². The Labute approximate surface area is 113 Å². The number of carbonyl (C=O) groups excluding carboxylic acids is 1. The molecule has 0 saturated carbocycles. The number of hydrogen-bond acceptors (Lipinski definition) is 4. The second-order valence-electron chi connectivity index (χ2n) is 5.34. The van der Waals surface area contributed by atoms with Crippen LogP contribution in [0.2, 0.25) is 0 Å². The van der Waals surface area contributed by atoms with Crippen molar-refractivity contribution in [2.45, 2.75) is 44.8 Å². The minimum Gasteiger partial charge on any atom is -0.454 e. The van der Waals surface area contributed by atoms with Crippen molar-refractivity contribution < 1.29 is 19.7 Å². The van der Waals surface area contributed by atoms with E-state index in [1.54, 1.807) is 0 Å². The first-order valence-corrected chi connectivity index (χ1v) is 6.58. The third-order valence-electron chi connectivity index (χ3n) is 3.96. The number of allylic oxidation sites excluding steroid dienone is 1. The lowest BCUT2D eigenvalue weighted by atomic mass is 9.86. The third-order valence-corrected chi connectivity index (χ3v) is 3.96. The summed E-state index contributed by atoms with van der Waals surface area (Å²) < 4.78 is 5.34. The molecule has 0 bridgehead atoms. The molecule has 0 unspecified atom stereocenters. The molecular formula is C15H20O4. The van der Waals surface area contributed by atoms with Crippen LogP contribution in [0.5, 0.6) is 0 Å². The second-order valence-corrected chi connectivity index (χ2v) is 5.34. The van der Waals surface area contributed by atoms with Crippen LogP contribution in [0.3, 0.4) is 0 Å². The molecule has 1 heterocycles. The SMILES string of the molecule is C=C1CC[C@H]2C(=C)C(=O)O[C@@H]2C=C(C)CC[C@H]1OO. The Morgan fingerprint density at radius 1 is 1.37 bits per heavy atom. The van der Waals surface area contributed by atoms with Crippen molar-refractivity contribution in [1.29, 1.82) is 0 Å². The Morgan fingerprint density at radius 2 is 2.11 bits per heavy atom. The van der Waals surface area contributed by atoms with Crippen LogP contribution in [0.1, 0.15) is 32.6 Å². The van der Waals surface area contributed by atoms with Crippen molar-refractivity contribution in [2.24, 2.45) is 5.92 Å². The van der Waals surface area contributed by atoms with Crippen LogP contribution in [0, 0.1) is 5.92 Å². The van der Waals surface area contributed by atoms with Gasteiger partial charge >= 0.3 is 5.97 Å². The largest absolute Gasteiger partial charge is 0.454 e. The number of esters is 1. The van der Waals surface area contributed by atoms with Gasteiger partial charge in [-0.15, -0.1) is 0 Å². The maximum Gasteiger partial charge on any atom is 0.334 e. The Hall–Kier alpha value is -1.39. The van der Waals surface area contributed by atoms with Gasteiger partial charge in [-0.25, -0.2) is 9.68 Å². The molecule has 19 heavy (non-hydrogen) atoms. The molecule has 2 aliphatic rings. The van der Waals surface area contributed by atoms with Crippen LogP contribution in [0.25, 0.3) is 0 Å². The van der Waals surface area contributed by atoms with Gasteiger partial charge < -0.3 is 4.74 Å². The molecule has 2 rings (SSSR count). The Bertz CT molecular complexity index is 435. The lowest BCUT2D eigenvalue weighted by Crippen LogP contribution is -2.20. The van der Waals surface area contributed by atoms with Gasteiger partial charge in [-0.3, -0.25) is 5.26 Å². The van der Waals surface area contributed by atoms with Crippen molar-refractivity contribution in [3.8, 4) is 0 Å². The summed E-state index contributed by atoms with van der Waals surface area (Å²) in [6, 6.07) is 0.